The largest absolute Gasteiger partial charge is 0.497 e. The number of fused-ring (bicyclic) bond motifs is 1. The quantitative estimate of drug-likeness (QED) is 0.791. The average Bonchev–Trinajstić information content (AvgIpc) is 2.72. The molecule has 3 rings (SSSR count). The second-order valence-corrected chi connectivity index (χ2v) is 8.24. The Morgan fingerprint density at radius 1 is 1.21 bits per heavy atom. The zero-order valence-corrected chi connectivity index (χ0v) is 16.7. The van der Waals surface area contributed by atoms with Gasteiger partial charge in [-0.1, -0.05) is 12.1 Å². The highest BCUT2D eigenvalue weighted by Gasteiger charge is 2.36. The van der Waals surface area contributed by atoms with Crippen LogP contribution < -0.4 is 23.8 Å². The number of ether oxygens (including phenoxy) is 3. The molecule has 0 unspecified atom stereocenters. The monoisotopic (exact) mass is 406 g/mol. The molecule has 0 radical (unpaired) electrons. The number of carbonyl (C=O) groups excluding carboxylic acids is 1. The molecule has 1 amide bonds. The molecule has 0 aliphatic carbocycles. The SMILES string of the molecule is CCS(=O)(=O)N1C[C@@H](C(=O)Nc2cc(OC)ccc2OC)Oc2ccccc21. The topological polar surface area (TPSA) is 94.2 Å². The van der Waals surface area contributed by atoms with Crippen LogP contribution in [0.4, 0.5) is 11.4 Å². The van der Waals surface area contributed by atoms with Gasteiger partial charge in [0.25, 0.3) is 5.91 Å². The lowest BCUT2D eigenvalue weighted by Crippen LogP contribution is -2.49. The number of nitrogens with zero attached hydrogens (tertiary/aromatic N) is 1. The van der Waals surface area contributed by atoms with Crippen molar-refractivity contribution >= 4 is 27.3 Å². The van der Waals surface area contributed by atoms with Crippen LogP contribution in [0.5, 0.6) is 17.2 Å². The van der Waals surface area contributed by atoms with Gasteiger partial charge in [-0.3, -0.25) is 9.10 Å². The van der Waals surface area contributed by atoms with E-state index >= 15 is 0 Å². The minimum absolute atomic E-state index is 0.0839. The molecule has 0 saturated carbocycles. The van der Waals surface area contributed by atoms with Gasteiger partial charge in [0, 0.05) is 6.07 Å². The minimum atomic E-state index is -3.57. The molecular weight excluding hydrogens is 384 g/mol. The van der Waals surface area contributed by atoms with Crippen molar-refractivity contribution in [2.45, 2.75) is 13.0 Å². The number of nitrogens with one attached hydrogen (secondary N) is 1. The highest BCUT2D eigenvalue weighted by Crippen LogP contribution is 2.36. The number of methoxy groups -OCH3 is 2. The van der Waals surface area contributed by atoms with E-state index in [0.717, 1.165) is 0 Å². The number of amides is 1. The molecule has 1 N–H and O–H groups in total. The van der Waals surface area contributed by atoms with Crippen molar-refractivity contribution < 1.29 is 27.4 Å². The second-order valence-electron chi connectivity index (χ2n) is 6.06. The van der Waals surface area contributed by atoms with Crippen molar-refractivity contribution in [2.24, 2.45) is 0 Å². The van der Waals surface area contributed by atoms with Crippen LogP contribution in [0.1, 0.15) is 6.92 Å². The Morgan fingerprint density at radius 2 is 1.96 bits per heavy atom. The molecule has 2 aromatic carbocycles. The van der Waals surface area contributed by atoms with Crippen molar-refractivity contribution in [3.05, 3.63) is 42.5 Å². The highest BCUT2D eigenvalue weighted by molar-refractivity contribution is 7.92. The number of hydrogen-bond acceptors (Lipinski definition) is 6. The van der Waals surface area contributed by atoms with Gasteiger partial charge in [0.2, 0.25) is 10.0 Å². The molecule has 8 nitrogen and oxygen atoms in total. The fourth-order valence-corrected chi connectivity index (χ4v) is 4.01. The summed E-state index contributed by atoms with van der Waals surface area (Å²) in [5.41, 5.74) is 0.826. The predicted octanol–water partition coefficient (Wildman–Crippen LogP) is 2.26. The molecular formula is C19H22N2O6S. The number of para-hydroxylation sites is 2. The van der Waals surface area contributed by atoms with Crippen molar-refractivity contribution in [1.82, 2.24) is 0 Å². The lowest BCUT2D eigenvalue weighted by atomic mass is 10.2. The molecule has 28 heavy (non-hydrogen) atoms. The number of anilines is 2. The summed E-state index contributed by atoms with van der Waals surface area (Å²) in [6.45, 7) is 1.44. The lowest BCUT2D eigenvalue weighted by molar-refractivity contribution is -0.122. The molecule has 150 valence electrons. The third kappa shape index (κ3) is 3.84. The molecule has 2 aromatic rings. The first-order valence-electron chi connectivity index (χ1n) is 8.68. The van der Waals surface area contributed by atoms with E-state index in [-0.39, 0.29) is 12.3 Å². The second kappa shape index (κ2) is 7.97. The Hall–Kier alpha value is -2.94. The van der Waals surface area contributed by atoms with Gasteiger partial charge in [-0.2, -0.15) is 0 Å². The van der Waals surface area contributed by atoms with Gasteiger partial charge >= 0.3 is 0 Å². The summed E-state index contributed by atoms with van der Waals surface area (Å²) < 4.78 is 42.5. The molecule has 1 heterocycles. The maximum atomic E-state index is 12.9. The summed E-state index contributed by atoms with van der Waals surface area (Å²) in [7, 11) is -0.566. The number of carbonyl (C=O) groups is 1. The zero-order chi connectivity index (χ0) is 20.3. The smallest absolute Gasteiger partial charge is 0.267 e. The first-order chi connectivity index (χ1) is 13.4. The van der Waals surface area contributed by atoms with Crippen molar-refractivity contribution in [1.29, 1.82) is 0 Å². The van der Waals surface area contributed by atoms with Crippen molar-refractivity contribution in [2.75, 3.05) is 36.1 Å². The highest BCUT2D eigenvalue weighted by atomic mass is 32.2. The van der Waals surface area contributed by atoms with E-state index in [4.69, 9.17) is 14.2 Å². The summed E-state index contributed by atoms with van der Waals surface area (Å²) in [5, 5.41) is 2.74. The van der Waals surface area contributed by atoms with Gasteiger partial charge < -0.3 is 19.5 Å². The molecule has 0 aromatic heterocycles. The van der Waals surface area contributed by atoms with Gasteiger partial charge in [0.05, 0.1) is 37.9 Å². The molecule has 1 aliphatic heterocycles. The minimum Gasteiger partial charge on any atom is -0.497 e. The first-order valence-corrected chi connectivity index (χ1v) is 10.3. The van der Waals surface area contributed by atoms with Gasteiger partial charge in [-0.25, -0.2) is 8.42 Å². The third-order valence-corrected chi connectivity index (χ3v) is 6.14. The Bertz CT molecular complexity index is 976. The lowest BCUT2D eigenvalue weighted by Gasteiger charge is -2.34. The number of rotatable bonds is 6. The van der Waals surface area contributed by atoms with E-state index in [1.165, 1.54) is 18.5 Å². The third-order valence-electron chi connectivity index (χ3n) is 4.39. The van der Waals surface area contributed by atoms with E-state index in [9.17, 15) is 13.2 Å². The van der Waals surface area contributed by atoms with E-state index in [0.29, 0.717) is 28.6 Å². The molecule has 0 spiro atoms. The van der Waals surface area contributed by atoms with Gasteiger partial charge in [0.1, 0.15) is 17.2 Å². The number of sulfonamides is 1. The zero-order valence-electron chi connectivity index (χ0n) is 15.8. The van der Waals surface area contributed by atoms with E-state index in [2.05, 4.69) is 5.32 Å². The fraction of sp³-hybridized carbons (Fsp3) is 0.316. The van der Waals surface area contributed by atoms with Crippen LogP contribution in [0.15, 0.2) is 42.5 Å². The molecule has 0 fully saturated rings. The Morgan fingerprint density at radius 3 is 2.64 bits per heavy atom. The van der Waals surface area contributed by atoms with Crippen LogP contribution in [0.3, 0.4) is 0 Å². The standard InChI is InChI=1S/C19H22N2O6S/c1-4-28(23,24)21-12-18(27-17-8-6-5-7-15(17)21)19(22)20-14-11-13(25-2)9-10-16(14)26-3/h5-11,18H,4,12H2,1-3H3,(H,20,22)/t18-/m0/s1. The Kier molecular flexibility index (Phi) is 5.64. The molecule has 0 saturated heterocycles. The number of benzene rings is 2. The van der Waals surface area contributed by atoms with Crippen LogP contribution in [-0.4, -0.2) is 46.9 Å². The normalized spacial score (nSPS) is 16.0. The van der Waals surface area contributed by atoms with Crippen molar-refractivity contribution in [3.63, 3.8) is 0 Å². The van der Waals surface area contributed by atoms with Crippen LogP contribution in [0.25, 0.3) is 0 Å². The summed E-state index contributed by atoms with van der Waals surface area (Å²) in [6.07, 6.45) is -1.02. The summed E-state index contributed by atoms with van der Waals surface area (Å²) in [4.78, 5) is 12.9. The first kappa shape index (κ1) is 19.8. The number of hydrogen-bond donors (Lipinski definition) is 1. The summed E-state index contributed by atoms with van der Waals surface area (Å²) >= 11 is 0. The molecule has 1 atom stereocenters. The van der Waals surface area contributed by atoms with E-state index in [1.807, 2.05) is 0 Å². The Labute approximate surface area is 164 Å². The van der Waals surface area contributed by atoms with Crippen LogP contribution in [0, 0.1) is 0 Å². The average molecular weight is 406 g/mol. The maximum absolute atomic E-state index is 12.9. The van der Waals surface area contributed by atoms with E-state index < -0.39 is 22.0 Å². The van der Waals surface area contributed by atoms with Gasteiger partial charge in [-0.05, 0) is 31.2 Å². The van der Waals surface area contributed by atoms with Crippen LogP contribution in [0.2, 0.25) is 0 Å². The molecule has 0 bridgehead atoms. The van der Waals surface area contributed by atoms with Crippen LogP contribution in [-0.2, 0) is 14.8 Å². The van der Waals surface area contributed by atoms with E-state index in [1.54, 1.807) is 49.4 Å². The summed E-state index contributed by atoms with van der Waals surface area (Å²) in [6, 6.07) is 11.7. The predicted molar refractivity (Wildman–Crippen MR) is 106 cm³/mol. The summed E-state index contributed by atoms with van der Waals surface area (Å²) in [5.74, 6) is 0.754. The molecule has 1 aliphatic rings. The fourth-order valence-electron chi connectivity index (χ4n) is 2.88. The molecule has 9 heteroatoms. The van der Waals surface area contributed by atoms with Crippen molar-refractivity contribution in [3.8, 4) is 17.2 Å². The van der Waals surface area contributed by atoms with Crippen LogP contribution >= 0.6 is 0 Å². The Balaban J connectivity index is 1.89. The van der Waals surface area contributed by atoms with Gasteiger partial charge in [0.15, 0.2) is 6.10 Å². The van der Waals surface area contributed by atoms with Gasteiger partial charge in [-0.15, -0.1) is 0 Å². The maximum Gasteiger partial charge on any atom is 0.267 e.